The van der Waals surface area contributed by atoms with Gasteiger partial charge in [-0.25, -0.2) is 9.59 Å². The van der Waals surface area contributed by atoms with Crippen LogP contribution >= 0.6 is 0 Å². The minimum Gasteiger partial charge on any atom is -0.480 e. The zero-order valence-electron chi connectivity index (χ0n) is 12.3. The summed E-state index contributed by atoms with van der Waals surface area (Å²) in [6.45, 7) is 10.0. The molecule has 110 valence electrons. The Morgan fingerprint density at radius 3 is 2.47 bits per heavy atom. The van der Waals surface area contributed by atoms with Crippen LogP contribution in [0.1, 0.15) is 34.6 Å². The van der Waals surface area contributed by atoms with Gasteiger partial charge in [0.05, 0.1) is 18.8 Å². The van der Waals surface area contributed by atoms with Crippen LogP contribution in [0.25, 0.3) is 0 Å². The van der Waals surface area contributed by atoms with Gasteiger partial charge in [-0.1, -0.05) is 0 Å². The number of urea groups is 1. The van der Waals surface area contributed by atoms with Gasteiger partial charge in [-0.3, -0.25) is 0 Å². The number of ether oxygens (including phenoxy) is 1. The Kier molecular flexibility index (Phi) is 4.79. The quantitative estimate of drug-likeness (QED) is 0.843. The molecule has 1 saturated heterocycles. The number of carbonyl (C=O) groups excluding carboxylic acids is 1. The molecule has 1 rings (SSSR count). The number of amides is 2. The molecule has 0 radical (unpaired) electrons. The molecule has 0 aliphatic carbocycles. The lowest BCUT2D eigenvalue weighted by molar-refractivity contribution is -0.148. The minimum atomic E-state index is -1.22. The molecule has 1 N–H and O–H groups in total. The van der Waals surface area contributed by atoms with E-state index in [4.69, 9.17) is 4.74 Å². The van der Waals surface area contributed by atoms with Crippen molar-refractivity contribution in [2.75, 3.05) is 19.7 Å². The summed E-state index contributed by atoms with van der Waals surface area (Å²) in [6.07, 6.45) is -0.0215. The van der Waals surface area contributed by atoms with E-state index in [1.807, 2.05) is 13.8 Å². The Hall–Kier alpha value is -1.30. The highest BCUT2D eigenvalue weighted by molar-refractivity contribution is 5.85. The molecule has 1 heterocycles. The normalized spacial score (nSPS) is 24.2. The van der Waals surface area contributed by atoms with E-state index in [0.29, 0.717) is 19.7 Å². The summed E-state index contributed by atoms with van der Waals surface area (Å²) in [5.41, 5.74) is -1.22. The van der Waals surface area contributed by atoms with Crippen molar-refractivity contribution in [3.05, 3.63) is 0 Å². The van der Waals surface area contributed by atoms with Gasteiger partial charge in [0.1, 0.15) is 5.54 Å². The van der Waals surface area contributed by atoms with Crippen LogP contribution in [0, 0.1) is 0 Å². The molecule has 0 saturated carbocycles. The second-order valence-electron chi connectivity index (χ2n) is 5.54. The van der Waals surface area contributed by atoms with Crippen molar-refractivity contribution in [2.24, 2.45) is 0 Å². The fourth-order valence-corrected chi connectivity index (χ4v) is 2.21. The van der Waals surface area contributed by atoms with E-state index in [1.54, 1.807) is 25.7 Å². The van der Waals surface area contributed by atoms with Crippen LogP contribution in [0.5, 0.6) is 0 Å². The topological polar surface area (TPSA) is 70.1 Å². The van der Waals surface area contributed by atoms with Crippen molar-refractivity contribution in [1.82, 2.24) is 9.80 Å². The Labute approximate surface area is 114 Å². The van der Waals surface area contributed by atoms with Crippen LogP contribution in [-0.4, -0.2) is 64.3 Å². The van der Waals surface area contributed by atoms with Crippen LogP contribution in [0.15, 0.2) is 0 Å². The highest BCUT2D eigenvalue weighted by Crippen LogP contribution is 2.20. The summed E-state index contributed by atoms with van der Waals surface area (Å²) in [5, 5.41) is 9.27. The maximum Gasteiger partial charge on any atom is 0.329 e. The molecule has 6 heteroatoms. The van der Waals surface area contributed by atoms with Gasteiger partial charge in [0.15, 0.2) is 0 Å². The fourth-order valence-electron chi connectivity index (χ4n) is 2.21. The van der Waals surface area contributed by atoms with Gasteiger partial charge in [-0.15, -0.1) is 0 Å². The Bertz CT molecular complexity index is 357. The molecule has 19 heavy (non-hydrogen) atoms. The standard InChI is InChI=1S/C13H24N2O4/c1-6-15(13(4,5)11(16)17)12(18)14-7-10(3)19-8-9(14)2/h9-10H,6-8H2,1-5H3,(H,16,17). The first kappa shape index (κ1) is 15.8. The summed E-state index contributed by atoms with van der Waals surface area (Å²) >= 11 is 0. The van der Waals surface area contributed by atoms with Crippen LogP contribution < -0.4 is 0 Å². The first-order chi connectivity index (χ1) is 8.71. The monoisotopic (exact) mass is 272 g/mol. The fraction of sp³-hybridized carbons (Fsp3) is 0.846. The number of nitrogens with zero attached hydrogens (tertiary/aromatic N) is 2. The number of carboxylic acids is 1. The van der Waals surface area contributed by atoms with Crippen LogP contribution in [0.4, 0.5) is 4.79 Å². The van der Waals surface area contributed by atoms with E-state index in [0.717, 1.165) is 0 Å². The van der Waals surface area contributed by atoms with Gasteiger partial charge in [0.25, 0.3) is 0 Å². The second-order valence-corrected chi connectivity index (χ2v) is 5.54. The van der Waals surface area contributed by atoms with E-state index in [2.05, 4.69) is 0 Å². The second kappa shape index (κ2) is 5.77. The molecule has 1 aliphatic heterocycles. The lowest BCUT2D eigenvalue weighted by Crippen LogP contribution is -2.61. The predicted molar refractivity (Wildman–Crippen MR) is 71.1 cm³/mol. The van der Waals surface area contributed by atoms with Gasteiger partial charge >= 0.3 is 12.0 Å². The zero-order valence-corrected chi connectivity index (χ0v) is 12.3. The summed E-state index contributed by atoms with van der Waals surface area (Å²) < 4.78 is 5.49. The Morgan fingerprint density at radius 1 is 1.42 bits per heavy atom. The van der Waals surface area contributed by atoms with E-state index in [9.17, 15) is 14.7 Å². The van der Waals surface area contributed by atoms with Gasteiger partial charge in [-0.2, -0.15) is 0 Å². The maximum atomic E-state index is 12.6. The molecule has 6 nitrogen and oxygen atoms in total. The van der Waals surface area contributed by atoms with Crippen molar-refractivity contribution in [1.29, 1.82) is 0 Å². The summed E-state index contributed by atoms with van der Waals surface area (Å²) in [4.78, 5) is 27.0. The van der Waals surface area contributed by atoms with Gasteiger partial charge in [0, 0.05) is 13.1 Å². The van der Waals surface area contributed by atoms with E-state index in [1.165, 1.54) is 4.90 Å². The van der Waals surface area contributed by atoms with E-state index >= 15 is 0 Å². The lowest BCUT2D eigenvalue weighted by atomic mass is 10.0. The number of aliphatic carboxylic acids is 1. The van der Waals surface area contributed by atoms with Crippen molar-refractivity contribution in [3.63, 3.8) is 0 Å². The van der Waals surface area contributed by atoms with Crippen LogP contribution in [0.3, 0.4) is 0 Å². The predicted octanol–water partition coefficient (Wildman–Crippen LogP) is 1.40. The first-order valence-electron chi connectivity index (χ1n) is 6.65. The number of rotatable bonds is 3. The molecule has 0 aromatic rings. The zero-order chi connectivity index (χ0) is 14.8. The molecule has 0 spiro atoms. The summed E-state index contributed by atoms with van der Waals surface area (Å²) in [7, 11) is 0. The van der Waals surface area contributed by atoms with Crippen LogP contribution in [-0.2, 0) is 9.53 Å². The van der Waals surface area contributed by atoms with Gasteiger partial charge in [0.2, 0.25) is 0 Å². The molecular weight excluding hydrogens is 248 g/mol. The Balaban J connectivity index is 2.92. The molecule has 0 bridgehead atoms. The average molecular weight is 272 g/mol. The molecule has 0 aromatic heterocycles. The molecule has 1 aliphatic rings. The number of carbonyl (C=O) groups is 2. The molecule has 1 fully saturated rings. The first-order valence-corrected chi connectivity index (χ1v) is 6.65. The SMILES string of the molecule is CCN(C(=O)N1CC(C)OCC1C)C(C)(C)C(=O)O. The molecule has 2 amide bonds. The Morgan fingerprint density at radius 2 is 2.00 bits per heavy atom. The molecule has 0 aromatic carbocycles. The van der Waals surface area contributed by atoms with Crippen LogP contribution in [0.2, 0.25) is 0 Å². The van der Waals surface area contributed by atoms with Crippen molar-refractivity contribution in [3.8, 4) is 0 Å². The largest absolute Gasteiger partial charge is 0.480 e. The van der Waals surface area contributed by atoms with Crippen molar-refractivity contribution >= 4 is 12.0 Å². The molecule has 2 atom stereocenters. The van der Waals surface area contributed by atoms with E-state index in [-0.39, 0.29) is 18.2 Å². The highest BCUT2D eigenvalue weighted by Gasteiger charge is 2.40. The number of hydrogen-bond acceptors (Lipinski definition) is 3. The minimum absolute atomic E-state index is 0.0215. The number of likely N-dealkylation sites (N-methyl/N-ethyl adjacent to an activating group) is 1. The summed E-state index contributed by atoms with van der Waals surface area (Å²) in [6, 6.07) is -0.278. The van der Waals surface area contributed by atoms with Crippen molar-refractivity contribution in [2.45, 2.75) is 52.3 Å². The molecule has 2 unspecified atom stereocenters. The van der Waals surface area contributed by atoms with E-state index < -0.39 is 11.5 Å². The third-order valence-electron chi connectivity index (χ3n) is 3.60. The average Bonchev–Trinajstić information content (AvgIpc) is 2.32. The highest BCUT2D eigenvalue weighted by atomic mass is 16.5. The molecular formula is C13H24N2O4. The maximum absolute atomic E-state index is 12.6. The third-order valence-corrected chi connectivity index (χ3v) is 3.60. The van der Waals surface area contributed by atoms with Gasteiger partial charge in [-0.05, 0) is 34.6 Å². The van der Waals surface area contributed by atoms with Crippen molar-refractivity contribution < 1.29 is 19.4 Å². The smallest absolute Gasteiger partial charge is 0.329 e. The number of hydrogen-bond donors (Lipinski definition) is 1. The van der Waals surface area contributed by atoms with Gasteiger partial charge < -0.3 is 19.6 Å². The third kappa shape index (κ3) is 3.18. The summed E-state index contributed by atoms with van der Waals surface area (Å²) in [5.74, 6) is -1.00. The lowest BCUT2D eigenvalue weighted by Gasteiger charge is -2.43. The number of morpholine rings is 1. The number of carboxylic acid groups (broad SMARTS) is 1.